The van der Waals surface area contributed by atoms with Gasteiger partial charge in [-0.05, 0) is 96.4 Å². The van der Waals surface area contributed by atoms with Gasteiger partial charge in [0.25, 0.3) is 0 Å². The summed E-state index contributed by atoms with van der Waals surface area (Å²) in [6.45, 7) is 1.45. The van der Waals surface area contributed by atoms with Crippen molar-refractivity contribution in [3.05, 3.63) is 76.9 Å². The Balaban J connectivity index is 1.48. The molecule has 8 heteroatoms. The topological polar surface area (TPSA) is 37.3 Å². The first-order valence-electron chi connectivity index (χ1n) is 13.8. The number of ketones is 1. The number of halogens is 5. The van der Waals surface area contributed by atoms with Crippen molar-refractivity contribution in [2.45, 2.75) is 80.4 Å². The van der Waals surface area contributed by atoms with Gasteiger partial charge in [0, 0.05) is 22.6 Å². The molecule has 4 aliphatic rings. The molecule has 2 aromatic rings. The van der Waals surface area contributed by atoms with Gasteiger partial charge >= 0.3 is 12.1 Å². The molecule has 6 rings (SSSR count). The van der Waals surface area contributed by atoms with Crippen LogP contribution >= 0.6 is 12.6 Å². The van der Waals surface area contributed by atoms with Crippen LogP contribution in [-0.2, 0) is 4.79 Å². The average Bonchev–Trinajstić information content (AvgIpc) is 3.19. The lowest BCUT2D eigenvalue weighted by molar-refractivity contribution is -0.362. The molecule has 0 aromatic heterocycles. The Morgan fingerprint density at radius 1 is 0.900 bits per heavy atom. The molecule has 4 aliphatic carbocycles. The average molecular weight is 575 g/mol. The van der Waals surface area contributed by atoms with Crippen LogP contribution in [0.5, 0.6) is 0 Å². The number of thiol groups is 1. The molecule has 212 valence electrons. The molecule has 0 saturated heterocycles. The molecule has 2 aromatic carbocycles. The van der Waals surface area contributed by atoms with Crippen molar-refractivity contribution in [2.75, 3.05) is 0 Å². The lowest BCUT2D eigenvalue weighted by atomic mass is 9.50. The third kappa shape index (κ3) is 3.96. The molecule has 2 fully saturated rings. The van der Waals surface area contributed by atoms with E-state index in [1.54, 1.807) is 6.08 Å². The van der Waals surface area contributed by atoms with Crippen molar-refractivity contribution >= 4 is 18.4 Å². The summed E-state index contributed by atoms with van der Waals surface area (Å²) in [5.41, 5.74) is 0.984. The standard InChI is InChI=1S/C32H31F5O2S/c1-29-17-26(20-4-2-18(3-5-20)19-6-10-23(40)11-7-19)28-24-13-9-22(38)16-21(24)8-12-25(28)27(29)14-15-30(29,39)31(33,34)32(35,36)37/h2-7,10-11,16,25-27,39-40H,8-9,12-15,17H2,1H3/t25-,26+,27-,29-,30+/m0/s1. The quantitative estimate of drug-likeness (QED) is 0.285. The number of hydrogen-bond acceptors (Lipinski definition) is 3. The third-order valence-electron chi connectivity index (χ3n) is 10.3. The van der Waals surface area contributed by atoms with E-state index < -0.39 is 41.4 Å². The SMILES string of the molecule is C[C@]12C[C@H](c3ccc(-c4ccc(S)cc4)cc3)C3=C4CCC(=O)C=C4CC[C@H]3[C@@H]1CC[C@]2(O)C(F)(F)C(F)(F)F. The van der Waals surface area contributed by atoms with Crippen LogP contribution in [0.2, 0.25) is 0 Å². The second kappa shape index (κ2) is 9.28. The van der Waals surface area contributed by atoms with Crippen molar-refractivity contribution in [1.29, 1.82) is 0 Å². The Morgan fingerprint density at radius 3 is 2.15 bits per heavy atom. The van der Waals surface area contributed by atoms with Crippen LogP contribution in [0.1, 0.15) is 63.4 Å². The van der Waals surface area contributed by atoms with Gasteiger partial charge in [0.05, 0.1) is 0 Å². The van der Waals surface area contributed by atoms with Gasteiger partial charge in [0.1, 0.15) is 5.60 Å². The van der Waals surface area contributed by atoms with Crippen molar-refractivity contribution in [1.82, 2.24) is 0 Å². The molecule has 5 atom stereocenters. The minimum absolute atomic E-state index is 0.0237. The van der Waals surface area contributed by atoms with E-state index in [1.165, 1.54) is 6.92 Å². The Kier molecular flexibility index (Phi) is 6.43. The molecule has 0 aliphatic heterocycles. The highest BCUT2D eigenvalue weighted by Crippen LogP contribution is 2.70. The Labute approximate surface area is 235 Å². The van der Waals surface area contributed by atoms with Gasteiger partial charge < -0.3 is 5.11 Å². The van der Waals surface area contributed by atoms with Gasteiger partial charge in [-0.1, -0.05) is 48.9 Å². The van der Waals surface area contributed by atoms with Gasteiger partial charge in [-0.25, -0.2) is 0 Å². The number of carbonyl (C=O) groups is 1. The molecule has 0 bridgehead atoms. The number of alkyl halides is 5. The van der Waals surface area contributed by atoms with Crippen LogP contribution in [0.3, 0.4) is 0 Å². The van der Waals surface area contributed by atoms with Crippen molar-refractivity contribution in [3.63, 3.8) is 0 Å². The van der Waals surface area contributed by atoms with Crippen molar-refractivity contribution < 1.29 is 31.9 Å². The van der Waals surface area contributed by atoms with Crippen LogP contribution in [0, 0.1) is 17.3 Å². The maximum atomic E-state index is 15.1. The van der Waals surface area contributed by atoms with Gasteiger partial charge in [-0.15, -0.1) is 12.6 Å². The van der Waals surface area contributed by atoms with Crippen LogP contribution < -0.4 is 0 Å². The first-order chi connectivity index (χ1) is 18.8. The summed E-state index contributed by atoms with van der Waals surface area (Å²) in [7, 11) is 0. The molecule has 0 radical (unpaired) electrons. The highest BCUT2D eigenvalue weighted by molar-refractivity contribution is 7.80. The molecule has 1 N–H and O–H groups in total. The zero-order valence-electron chi connectivity index (χ0n) is 22.1. The number of carbonyl (C=O) groups excluding carboxylic acids is 1. The van der Waals surface area contributed by atoms with E-state index in [9.17, 15) is 23.1 Å². The van der Waals surface area contributed by atoms with Gasteiger partial charge in [0.15, 0.2) is 5.78 Å². The third-order valence-corrected chi connectivity index (χ3v) is 10.6. The molecule has 0 unspecified atom stereocenters. The van der Waals surface area contributed by atoms with E-state index in [0.717, 1.165) is 38.3 Å². The minimum Gasteiger partial charge on any atom is -0.383 e. The van der Waals surface area contributed by atoms with E-state index >= 15 is 8.78 Å². The predicted molar refractivity (Wildman–Crippen MR) is 145 cm³/mol. The fourth-order valence-corrected chi connectivity index (χ4v) is 8.43. The van der Waals surface area contributed by atoms with E-state index in [0.29, 0.717) is 25.7 Å². The fraction of sp³-hybridized carbons (Fsp3) is 0.469. The Bertz CT molecular complexity index is 1410. The summed E-state index contributed by atoms with van der Waals surface area (Å²) in [4.78, 5) is 13.0. The van der Waals surface area contributed by atoms with Gasteiger partial charge in [0.2, 0.25) is 0 Å². The number of fused-ring (bicyclic) bond motifs is 4. The summed E-state index contributed by atoms with van der Waals surface area (Å²) in [6, 6.07) is 15.4. The second-order valence-corrected chi connectivity index (χ2v) is 12.7. The van der Waals surface area contributed by atoms with Crippen LogP contribution in [-0.4, -0.2) is 28.6 Å². The summed E-state index contributed by atoms with van der Waals surface area (Å²) in [5.74, 6) is -6.36. The van der Waals surface area contributed by atoms with E-state index in [-0.39, 0.29) is 24.5 Å². The minimum atomic E-state index is -5.86. The van der Waals surface area contributed by atoms with Crippen LogP contribution in [0.15, 0.2) is 76.2 Å². The van der Waals surface area contributed by atoms with Crippen molar-refractivity contribution in [3.8, 4) is 11.1 Å². The van der Waals surface area contributed by atoms with E-state index in [4.69, 9.17) is 0 Å². The zero-order valence-corrected chi connectivity index (χ0v) is 23.0. The fourth-order valence-electron chi connectivity index (χ4n) is 8.28. The lowest BCUT2D eigenvalue weighted by Crippen LogP contribution is -2.65. The number of benzene rings is 2. The summed E-state index contributed by atoms with van der Waals surface area (Å²) in [5, 5.41) is 11.4. The molecular formula is C32H31F5O2S. The Morgan fingerprint density at radius 2 is 1.52 bits per heavy atom. The zero-order chi connectivity index (χ0) is 28.7. The second-order valence-electron chi connectivity index (χ2n) is 12.1. The van der Waals surface area contributed by atoms with Crippen LogP contribution in [0.25, 0.3) is 11.1 Å². The number of hydrogen-bond donors (Lipinski definition) is 2. The maximum Gasteiger partial charge on any atom is 0.456 e. The normalized spacial score (nSPS) is 32.4. The molecule has 40 heavy (non-hydrogen) atoms. The Hall–Kier alpha value is -2.45. The van der Waals surface area contributed by atoms with E-state index in [2.05, 4.69) is 12.6 Å². The molecule has 2 nitrogen and oxygen atoms in total. The maximum absolute atomic E-state index is 15.1. The molecule has 2 saturated carbocycles. The molecule has 0 amide bonds. The number of rotatable bonds is 3. The van der Waals surface area contributed by atoms with Crippen LogP contribution in [0.4, 0.5) is 22.0 Å². The summed E-state index contributed by atoms with van der Waals surface area (Å²) in [6.07, 6.45) is -2.64. The molecule has 0 spiro atoms. The lowest BCUT2D eigenvalue weighted by Gasteiger charge is -2.56. The molecular weight excluding hydrogens is 543 g/mol. The van der Waals surface area contributed by atoms with Gasteiger partial charge in [-0.2, -0.15) is 22.0 Å². The highest BCUT2D eigenvalue weighted by atomic mass is 32.1. The van der Waals surface area contributed by atoms with Gasteiger partial charge in [-0.3, -0.25) is 4.79 Å². The summed E-state index contributed by atoms with van der Waals surface area (Å²) >= 11 is 4.33. The number of aliphatic hydroxyl groups is 1. The monoisotopic (exact) mass is 574 g/mol. The summed E-state index contributed by atoms with van der Waals surface area (Å²) < 4.78 is 71.5. The number of allylic oxidation sites excluding steroid dienone is 4. The predicted octanol–water partition coefficient (Wildman–Crippen LogP) is 8.47. The van der Waals surface area contributed by atoms with E-state index in [1.807, 2.05) is 48.5 Å². The highest BCUT2D eigenvalue weighted by Gasteiger charge is 2.79. The largest absolute Gasteiger partial charge is 0.456 e. The first-order valence-corrected chi connectivity index (χ1v) is 14.2. The first kappa shape index (κ1) is 27.7. The molecule has 0 heterocycles. The smallest absolute Gasteiger partial charge is 0.383 e. The van der Waals surface area contributed by atoms with Crippen molar-refractivity contribution in [2.24, 2.45) is 17.3 Å².